The van der Waals surface area contributed by atoms with Gasteiger partial charge in [-0.05, 0) is 19.1 Å². The molecule has 1 atom stereocenters. The van der Waals surface area contributed by atoms with E-state index >= 15 is 0 Å². The molecule has 21 heavy (non-hydrogen) atoms. The van der Waals surface area contributed by atoms with Crippen molar-refractivity contribution in [1.82, 2.24) is 15.2 Å². The molecule has 8 heteroatoms. The first-order valence-electron chi connectivity index (χ1n) is 6.32. The average molecular weight is 307 g/mol. The lowest BCUT2D eigenvalue weighted by molar-refractivity contribution is 0.102. The number of rotatable bonds is 5. The van der Waals surface area contributed by atoms with Crippen LogP contribution in [0.1, 0.15) is 28.4 Å². The highest BCUT2D eigenvalue weighted by Crippen LogP contribution is 2.23. The van der Waals surface area contributed by atoms with Gasteiger partial charge in [0.25, 0.3) is 5.91 Å². The second-order valence-corrected chi connectivity index (χ2v) is 5.59. The Morgan fingerprint density at radius 3 is 2.71 bits per heavy atom. The normalized spacial score (nSPS) is 12.0. The van der Waals surface area contributed by atoms with Crippen LogP contribution in [0.15, 0.2) is 18.3 Å². The largest absolute Gasteiger partial charge is 0.374 e. The van der Waals surface area contributed by atoms with Crippen molar-refractivity contribution >= 4 is 28.2 Å². The third-order valence-electron chi connectivity index (χ3n) is 2.83. The van der Waals surface area contributed by atoms with Crippen molar-refractivity contribution in [3.05, 3.63) is 28.9 Å². The summed E-state index contributed by atoms with van der Waals surface area (Å²) in [5.41, 5.74) is 0.470. The van der Waals surface area contributed by atoms with Crippen LogP contribution in [0.5, 0.6) is 0 Å². The minimum absolute atomic E-state index is 0.144. The van der Waals surface area contributed by atoms with Gasteiger partial charge in [-0.25, -0.2) is 4.98 Å². The van der Waals surface area contributed by atoms with Crippen LogP contribution in [0, 0.1) is 0 Å². The number of hydrogen-bond acceptors (Lipinski definition) is 7. The Hall–Kier alpha value is -2.06. The lowest BCUT2D eigenvalue weighted by atomic mass is 10.2. The zero-order valence-corrected chi connectivity index (χ0v) is 13.1. The monoisotopic (exact) mass is 307 g/mol. The highest BCUT2D eigenvalue weighted by Gasteiger charge is 2.14. The van der Waals surface area contributed by atoms with E-state index in [4.69, 9.17) is 4.74 Å². The number of pyridine rings is 1. The fraction of sp³-hybridized carbons (Fsp3) is 0.385. The fourth-order valence-corrected chi connectivity index (χ4v) is 2.27. The third kappa shape index (κ3) is 3.73. The minimum atomic E-state index is -0.263. The lowest BCUT2D eigenvalue weighted by Crippen LogP contribution is -2.14. The Labute approximate surface area is 127 Å². The third-order valence-corrected chi connectivity index (χ3v) is 3.83. The Morgan fingerprint density at radius 2 is 2.14 bits per heavy atom. The number of anilines is 2. The quantitative estimate of drug-likeness (QED) is 0.909. The molecule has 0 spiro atoms. The average Bonchev–Trinajstić information content (AvgIpc) is 2.95. The second-order valence-electron chi connectivity index (χ2n) is 4.58. The molecular formula is C13H17N5O2S. The van der Waals surface area contributed by atoms with Crippen molar-refractivity contribution in [2.75, 3.05) is 31.4 Å². The molecule has 0 aliphatic heterocycles. The summed E-state index contributed by atoms with van der Waals surface area (Å²) in [5.74, 6) is 0.527. The fourth-order valence-electron chi connectivity index (χ4n) is 1.50. The van der Waals surface area contributed by atoms with Crippen molar-refractivity contribution in [2.24, 2.45) is 0 Å². The van der Waals surface area contributed by atoms with Gasteiger partial charge in [-0.2, -0.15) is 0 Å². The van der Waals surface area contributed by atoms with Crippen molar-refractivity contribution in [2.45, 2.75) is 13.0 Å². The van der Waals surface area contributed by atoms with Gasteiger partial charge in [-0.1, -0.05) is 11.3 Å². The van der Waals surface area contributed by atoms with Gasteiger partial charge in [0.2, 0.25) is 5.13 Å². The molecule has 2 heterocycles. The van der Waals surface area contributed by atoms with E-state index in [1.54, 1.807) is 19.2 Å². The standard InChI is InChI=1S/C13H17N5O2S/c1-8(20-4)12-16-17-13(21-12)15-11(19)9-5-6-10(14-7-9)18(2)3/h5-8H,1-4H3,(H,15,17,19). The van der Waals surface area contributed by atoms with E-state index in [-0.39, 0.29) is 12.0 Å². The SMILES string of the molecule is COC(C)c1nnc(NC(=O)c2ccc(N(C)C)nc2)s1. The van der Waals surface area contributed by atoms with Crippen molar-refractivity contribution < 1.29 is 9.53 Å². The second kappa shape index (κ2) is 6.59. The van der Waals surface area contributed by atoms with Gasteiger partial charge >= 0.3 is 0 Å². The summed E-state index contributed by atoms with van der Waals surface area (Å²) in [6.45, 7) is 1.87. The highest BCUT2D eigenvalue weighted by atomic mass is 32.1. The van der Waals surface area contributed by atoms with E-state index in [1.165, 1.54) is 17.5 Å². The first-order chi connectivity index (χ1) is 10.0. The van der Waals surface area contributed by atoms with Gasteiger partial charge in [0.1, 0.15) is 16.9 Å². The number of carbonyl (C=O) groups excluding carboxylic acids is 1. The number of methoxy groups -OCH3 is 1. The van der Waals surface area contributed by atoms with Crippen LogP contribution in [0.3, 0.4) is 0 Å². The first-order valence-corrected chi connectivity index (χ1v) is 7.14. The summed E-state index contributed by atoms with van der Waals surface area (Å²) >= 11 is 1.29. The number of nitrogens with zero attached hydrogens (tertiary/aromatic N) is 4. The summed E-state index contributed by atoms with van der Waals surface area (Å²) in [6, 6.07) is 3.50. The van der Waals surface area contributed by atoms with Crippen LogP contribution >= 0.6 is 11.3 Å². The zero-order chi connectivity index (χ0) is 15.4. The van der Waals surface area contributed by atoms with Crippen LogP contribution in [0.25, 0.3) is 0 Å². The van der Waals surface area contributed by atoms with E-state index < -0.39 is 0 Å². The number of nitrogens with one attached hydrogen (secondary N) is 1. The molecule has 7 nitrogen and oxygen atoms in total. The van der Waals surface area contributed by atoms with Gasteiger partial charge < -0.3 is 9.64 Å². The number of amides is 1. The summed E-state index contributed by atoms with van der Waals surface area (Å²) < 4.78 is 5.16. The smallest absolute Gasteiger partial charge is 0.259 e. The molecule has 0 radical (unpaired) electrons. The summed E-state index contributed by atoms with van der Waals surface area (Å²) in [5, 5.41) is 11.8. The topological polar surface area (TPSA) is 80.2 Å². The van der Waals surface area contributed by atoms with E-state index in [0.29, 0.717) is 15.7 Å². The molecule has 2 rings (SSSR count). The maximum absolute atomic E-state index is 12.1. The number of ether oxygens (including phenoxy) is 1. The Balaban J connectivity index is 2.05. The summed E-state index contributed by atoms with van der Waals surface area (Å²) in [6.07, 6.45) is 1.39. The maximum atomic E-state index is 12.1. The van der Waals surface area contributed by atoms with Gasteiger partial charge in [0.15, 0.2) is 0 Å². The highest BCUT2D eigenvalue weighted by molar-refractivity contribution is 7.15. The van der Waals surface area contributed by atoms with Gasteiger partial charge in [0, 0.05) is 27.4 Å². The van der Waals surface area contributed by atoms with Gasteiger partial charge in [0.05, 0.1) is 5.56 Å². The Kier molecular flexibility index (Phi) is 4.81. The molecule has 0 fully saturated rings. The Morgan fingerprint density at radius 1 is 1.38 bits per heavy atom. The predicted molar refractivity (Wildman–Crippen MR) is 81.9 cm³/mol. The molecule has 2 aromatic heterocycles. The molecule has 1 unspecified atom stereocenters. The molecule has 0 aliphatic rings. The lowest BCUT2D eigenvalue weighted by Gasteiger charge is -2.10. The molecule has 1 N–H and O–H groups in total. The van der Waals surface area contributed by atoms with Gasteiger partial charge in [-0.15, -0.1) is 10.2 Å². The van der Waals surface area contributed by atoms with E-state index in [2.05, 4.69) is 20.5 Å². The van der Waals surface area contributed by atoms with Gasteiger partial charge in [-0.3, -0.25) is 10.1 Å². The molecule has 0 aromatic carbocycles. The van der Waals surface area contributed by atoms with E-state index in [1.807, 2.05) is 25.9 Å². The van der Waals surface area contributed by atoms with E-state index in [9.17, 15) is 4.79 Å². The number of carbonyl (C=O) groups is 1. The Bertz CT molecular complexity index is 611. The predicted octanol–water partition coefficient (Wildman–Crippen LogP) is 1.96. The molecule has 1 amide bonds. The summed E-state index contributed by atoms with van der Waals surface area (Å²) in [4.78, 5) is 18.2. The zero-order valence-electron chi connectivity index (χ0n) is 12.3. The first kappa shape index (κ1) is 15.3. The minimum Gasteiger partial charge on any atom is -0.374 e. The molecular weight excluding hydrogens is 290 g/mol. The van der Waals surface area contributed by atoms with Crippen molar-refractivity contribution in [1.29, 1.82) is 0 Å². The molecule has 0 aliphatic carbocycles. The van der Waals surface area contributed by atoms with Crippen LogP contribution < -0.4 is 10.2 Å². The van der Waals surface area contributed by atoms with Crippen LogP contribution in [0.2, 0.25) is 0 Å². The van der Waals surface area contributed by atoms with Crippen molar-refractivity contribution in [3.63, 3.8) is 0 Å². The molecule has 0 saturated carbocycles. The molecule has 112 valence electrons. The molecule has 0 bridgehead atoms. The number of hydrogen-bond donors (Lipinski definition) is 1. The summed E-state index contributed by atoms with van der Waals surface area (Å²) in [7, 11) is 5.38. The number of aromatic nitrogens is 3. The molecule has 2 aromatic rings. The van der Waals surface area contributed by atoms with E-state index in [0.717, 1.165) is 5.82 Å². The maximum Gasteiger partial charge on any atom is 0.259 e. The molecule has 0 saturated heterocycles. The van der Waals surface area contributed by atoms with Crippen LogP contribution in [0.4, 0.5) is 10.9 Å². The van der Waals surface area contributed by atoms with Crippen LogP contribution in [-0.4, -0.2) is 42.3 Å². The van der Waals surface area contributed by atoms with Crippen molar-refractivity contribution in [3.8, 4) is 0 Å². The van der Waals surface area contributed by atoms with Crippen LogP contribution in [-0.2, 0) is 4.74 Å².